The van der Waals surface area contributed by atoms with Crippen LogP contribution in [0.1, 0.15) is 35.6 Å². The number of hydrogen-bond acceptors (Lipinski definition) is 5. The summed E-state index contributed by atoms with van der Waals surface area (Å²) in [5, 5.41) is 15.1. The minimum atomic E-state index is -0.764. The number of rotatable bonds is 4. The highest BCUT2D eigenvalue weighted by Gasteiger charge is 2.42. The summed E-state index contributed by atoms with van der Waals surface area (Å²) in [5.41, 5.74) is 4.21. The van der Waals surface area contributed by atoms with Gasteiger partial charge in [-0.3, -0.25) is 15.0 Å². The lowest BCUT2D eigenvalue weighted by molar-refractivity contribution is -0.121. The predicted octanol–water partition coefficient (Wildman–Crippen LogP) is 5.94. The molecule has 5 rings (SSSR count). The van der Waals surface area contributed by atoms with Crippen LogP contribution in [0.3, 0.4) is 0 Å². The van der Waals surface area contributed by atoms with Crippen LogP contribution < -0.4 is 4.90 Å². The van der Waals surface area contributed by atoms with Crippen molar-refractivity contribution in [1.82, 2.24) is 5.01 Å². The van der Waals surface area contributed by atoms with Gasteiger partial charge in [-0.1, -0.05) is 65.3 Å². The molecule has 2 aliphatic heterocycles. The van der Waals surface area contributed by atoms with Crippen LogP contribution in [0.25, 0.3) is 0 Å². The molecule has 1 fully saturated rings. The number of aryl methyl sites for hydroxylation is 1. The van der Waals surface area contributed by atoms with Crippen LogP contribution in [-0.4, -0.2) is 33.0 Å². The second-order valence-electron chi connectivity index (χ2n) is 8.69. The van der Waals surface area contributed by atoms with Crippen molar-refractivity contribution < 1.29 is 14.0 Å². The van der Waals surface area contributed by atoms with E-state index in [9.17, 15) is 14.0 Å². The summed E-state index contributed by atoms with van der Waals surface area (Å²) < 4.78 is 13.3. The highest BCUT2D eigenvalue weighted by atomic mass is 35.5. The lowest BCUT2D eigenvalue weighted by Gasteiger charge is -2.24. The van der Waals surface area contributed by atoms with Crippen LogP contribution in [0.2, 0.25) is 5.02 Å². The summed E-state index contributed by atoms with van der Waals surface area (Å²) in [6, 6.07) is 20.4. The number of amides is 2. The zero-order valence-electron chi connectivity index (χ0n) is 19.3. The summed E-state index contributed by atoms with van der Waals surface area (Å²) in [6.07, 6.45) is 0.532. The summed E-state index contributed by atoms with van der Waals surface area (Å²) in [4.78, 5) is 26.8. The minimum absolute atomic E-state index is 0.0444. The van der Waals surface area contributed by atoms with Crippen molar-refractivity contribution in [1.29, 1.82) is 5.41 Å². The molecular formula is C27H22ClFN4O2S. The Bertz CT molecular complexity index is 1360. The number of carbonyl (C=O) groups excluding carboxylic acids is 2. The lowest BCUT2D eigenvalue weighted by atomic mass is 9.98. The van der Waals surface area contributed by atoms with Crippen LogP contribution in [0.5, 0.6) is 0 Å². The van der Waals surface area contributed by atoms with Crippen LogP contribution in [0.15, 0.2) is 77.9 Å². The second-order valence-corrected chi connectivity index (χ2v) is 10.3. The van der Waals surface area contributed by atoms with Crippen LogP contribution in [-0.2, 0) is 9.59 Å². The van der Waals surface area contributed by atoms with Crippen molar-refractivity contribution >= 4 is 51.7 Å². The Morgan fingerprint density at radius 2 is 1.67 bits per heavy atom. The van der Waals surface area contributed by atoms with Gasteiger partial charge in [-0.25, -0.2) is 14.3 Å². The Balaban J connectivity index is 1.39. The van der Waals surface area contributed by atoms with E-state index in [1.165, 1.54) is 24.3 Å². The highest BCUT2D eigenvalue weighted by molar-refractivity contribution is 8.14. The van der Waals surface area contributed by atoms with E-state index in [1.807, 2.05) is 43.3 Å². The number of benzene rings is 3. The monoisotopic (exact) mass is 520 g/mol. The van der Waals surface area contributed by atoms with Gasteiger partial charge in [-0.05, 0) is 54.4 Å². The first-order valence-electron chi connectivity index (χ1n) is 11.4. The van der Waals surface area contributed by atoms with Gasteiger partial charge in [0.1, 0.15) is 11.1 Å². The van der Waals surface area contributed by atoms with E-state index in [1.54, 1.807) is 17.1 Å². The molecule has 0 aliphatic carbocycles. The van der Waals surface area contributed by atoms with E-state index in [-0.39, 0.29) is 23.5 Å². The molecule has 0 aromatic heterocycles. The number of nitrogens with one attached hydrogen (secondary N) is 1. The smallest absolute Gasteiger partial charge is 0.247 e. The van der Waals surface area contributed by atoms with Gasteiger partial charge in [-0.2, -0.15) is 5.10 Å². The number of imide groups is 1. The van der Waals surface area contributed by atoms with Crippen molar-refractivity contribution in [3.63, 3.8) is 0 Å². The third-order valence-electron chi connectivity index (χ3n) is 6.20. The first kappa shape index (κ1) is 24.2. The standard InChI is InChI=1S/C27H22ClFN4O2S/c1-16-2-4-17(5-3-16)22-14-23(18-6-8-19(28)9-7-18)33(31-22)27(30)36-24-15-25(34)32(26(24)35)21-12-10-20(29)11-13-21/h2-13,23-24,30H,14-15H2,1H3/t23-,24-/m1/s1. The molecule has 2 heterocycles. The maximum absolute atomic E-state index is 13.3. The van der Waals surface area contributed by atoms with E-state index in [0.29, 0.717) is 17.1 Å². The van der Waals surface area contributed by atoms with Crippen molar-refractivity contribution in [2.45, 2.75) is 31.1 Å². The Morgan fingerprint density at radius 1 is 1.00 bits per heavy atom. The number of halogens is 2. The van der Waals surface area contributed by atoms with Crippen molar-refractivity contribution in [2.75, 3.05) is 4.90 Å². The maximum atomic E-state index is 13.3. The van der Waals surface area contributed by atoms with Gasteiger partial charge in [0.15, 0.2) is 5.17 Å². The van der Waals surface area contributed by atoms with Gasteiger partial charge in [0.25, 0.3) is 0 Å². The maximum Gasteiger partial charge on any atom is 0.247 e. The molecule has 1 saturated heterocycles. The zero-order chi connectivity index (χ0) is 25.4. The Hall–Kier alpha value is -3.49. The van der Waals surface area contributed by atoms with Crippen LogP contribution in [0, 0.1) is 18.2 Å². The van der Waals surface area contributed by atoms with Crippen molar-refractivity contribution in [3.8, 4) is 0 Å². The average Bonchev–Trinajstić information content (AvgIpc) is 3.42. The summed E-state index contributed by atoms with van der Waals surface area (Å²) in [6.45, 7) is 2.02. The topological polar surface area (TPSA) is 76.8 Å². The minimum Gasteiger partial charge on any atom is -0.277 e. The molecule has 2 atom stereocenters. The number of thioether (sulfide) groups is 1. The Labute approximate surface area is 217 Å². The van der Waals surface area contributed by atoms with Crippen molar-refractivity contribution in [3.05, 3.63) is 100 Å². The summed E-state index contributed by atoms with van der Waals surface area (Å²) in [7, 11) is 0. The van der Waals surface area contributed by atoms with Gasteiger partial charge in [0.2, 0.25) is 11.8 Å². The fraction of sp³-hybridized carbons (Fsp3) is 0.185. The first-order chi connectivity index (χ1) is 17.3. The average molecular weight is 521 g/mol. The zero-order valence-corrected chi connectivity index (χ0v) is 20.9. The molecule has 0 saturated carbocycles. The molecular weight excluding hydrogens is 499 g/mol. The molecule has 3 aromatic carbocycles. The highest BCUT2D eigenvalue weighted by Crippen LogP contribution is 2.38. The van der Waals surface area contributed by atoms with Gasteiger partial charge >= 0.3 is 0 Å². The molecule has 182 valence electrons. The van der Waals surface area contributed by atoms with Crippen LogP contribution in [0.4, 0.5) is 10.1 Å². The molecule has 6 nitrogen and oxygen atoms in total. The molecule has 0 spiro atoms. The predicted molar refractivity (Wildman–Crippen MR) is 141 cm³/mol. The molecule has 9 heteroatoms. The number of amidine groups is 1. The largest absolute Gasteiger partial charge is 0.277 e. The molecule has 0 unspecified atom stereocenters. The fourth-order valence-corrected chi connectivity index (χ4v) is 5.41. The third-order valence-corrected chi connectivity index (χ3v) is 7.52. The molecule has 0 bridgehead atoms. The van der Waals surface area contributed by atoms with Crippen LogP contribution >= 0.6 is 23.4 Å². The van der Waals surface area contributed by atoms with Crippen molar-refractivity contribution in [2.24, 2.45) is 5.10 Å². The molecule has 0 radical (unpaired) electrons. The Kier molecular flexibility index (Phi) is 6.64. The van der Waals surface area contributed by atoms with E-state index < -0.39 is 17.0 Å². The molecule has 2 aliphatic rings. The quantitative estimate of drug-likeness (QED) is 0.262. The summed E-state index contributed by atoms with van der Waals surface area (Å²) in [5.74, 6) is -1.25. The Morgan fingerprint density at radius 3 is 2.33 bits per heavy atom. The number of hydrazone groups is 1. The number of nitrogens with zero attached hydrogens (tertiary/aromatic N) is 3. The van der Waals surface area contributed by atoms with Gasteiger partial charge in [0.05, 0.1) is 17.4 Å². The van der Waals surface area contributed by atoms with Gasteiger partial charge in [0, 0.05) is 17.9 Å². The fourth-order valence-electron chi connectivity index (χ4n) is 4.31. The number of carbonyl (C=O) groups is 2. The van der Waals surface area contributed by atoms with Gasteiger partial charge < -0.3 is 0 Å². The third kappa shape index (κ3) is 4.79. The molecule has 3 aromatic rings. The number of hydrogen-bond donors (Lipinski definition) is 1. The van der Waals surface area contributed by atoms with E-state index in [4.69, 9.17) is 22.1 Å². The number of anilines is 1. The van der Waals surface area contributed by atoms with E-state index in [0.717, 1.165) is 39.1 Å². The normalized spacial score (nSPS) is 19.7. The van der Waals surface area contributed by atoms with E-state index >= 15 is 0 Å². The SMILES string of the molecule is Cc1ccc(C2=NN(C(=N)S[C@@H]3CC(=O)N(c4ccc(F)cc4)C3=O)[C@@H](c3ccc(Cl)cc3)C2)cc1. The second kappa shape index (κ2) is 9.87. The lowest BCUT2D eigenvalue weighted by Crippen LogP contribution is -2.32. The van der Waals surface area contributed by atoms with Gasteiger partial charge in [-0.15, -0.1) is 0 Å². The van der Waals surface area contributed by atoms with E-state index in [2.05, 4.69) is 0 Å². The molecule has 1 N–H and O–H groups in total. The molecule has 36 heavy (non-hydrogen) atoms. The molecule has 2 amide bonds. The summed E-state index contributed by atoms with van der Waals surface area (Å²) >= 11 is 7.10. The first-order valence-corrected chi connectivity index (χ1v) is 12.6.